The third-order valence-electron chi connectivity index (χ3n) is 4.04. The second-order valence-corrected chi connectivity index (χ2v) is 5.75. The van der Waals surface area contributed by atoms with Gasteiger partial charge in [-0.3, -0.25) is 0 Å². The predicted molar refractivity (Wildman–Crippen MR) is 97.4 cm³/mol. The van der Waals surface area contributed by atoms with Crippen molar-refractivity contribution in [2.45, 2.75) is 52.4 Å². The molecule has 0 aliphatic rings. The van der Waals surface area contributed by atoms with E-state index in [1.165, 1.54) is 0 Å². The Morgan fingerprint density at radius 3 is 2.29 bits per heavy atom. The minimum atomic E-state index is -0.825. The molecule has 0 aromatic heterocycles. The number of hydrogen-bond acceptors (Lipinski definition) is 3. The third-order valence-corrected chi connectivity index (χ3v) is 4.04. The van der Waals surface area contributed by atoms with E-state index in [-0.39, 0.29) is 0 Å². The molecule has 0 amide bonds. The molecule has 1 N–H and O–H groups in total. The fourth-order valence-electron chi connectivity index (χ4n) is 2.70. The lowest BCUT2D eigenvalue weighted by Gasteiger charge is -2.14. The quantitative estimate of drug-likeness (QED) is 0.435. The van der Waals surface area contributed by atoms with Gasteiger partial charge in [-0.05, 0) is 49.5 Å². The number of methoxy groups -OCH3 is 1. The summed E-state index contributed by atoms with van der Waals surface area (Å²) in [5.41, 5.74) is 2.31. The molecule has 0 saturated carbocycles. The molecule has 0 radical (unpaired) electrons. The molecule has 0 fully saturated rings. The van der Waals surface area contributed by atoms with Gasteiger partial charge in [0, 0.05) is 12.2 Å². The molecule has 1 aromatic carbocycles. The van der Waals surface area contributed by atoms with E-state index in [2.05, 4.69) is 6.92 Å². The molecule has 0 heterocycles. The summed E-state index contributed by atoms with van der Waals surface area (Å²) >= 11 is 0. The first-order valence-electron chi connectivity index (χ1n) is 8.81. The molecule has 1 aromatic rings. The highest BCUT2D eigenvalue weighted by atomic mass is 16.5. The summed E-state index contributed by atoms with van der Waals surface area (Å²) < 4.78 is 10.6. The van der Waals surface area contributed by atoms with E-state index in [4.69, 9.17) is 9.47 Å². The number of rotatable bonds is 12. The number of ether oxygens (including phenoxy) is 2. The van der Waals surface area contributed by atoms with Crippen molar-refractivity contribution in [3.63, 3.8) is 0 Å². The predicted octanol–water partition coefficient (Wildman–Crippen LogP) is 4.93. The normalized spacial score (nSPS) is 12.0. The molecule has 0 saturated heterocycles. The first kappa shape index (κ1) is 20.2. The Labute approximate surface area is 145 Å². The lowest BCUT2D eigenvalue weighted by atomic mass is 9.93. The average molecular weight is 334 g/mol. The fraction of sp³-hybridized carbons (Fsp3) is 0.550. The molecule has 0 atom stereocenters. The Hall–Kier alpha value is -1.81. The van der Waals surface area contributed by atoms with E-state index in [1.54, 1.807) is 7.11 Å². The van der Waals surface area contributed by atoms with Crippen molar-refractivity contribution in [2.24, 2.45) is 0 Å². The van der Waals surface area contributed by atoms with Crippen molar-refractivity contribution >= 4 is 11.5 Å². The number of carboxylic acid groups (broad SMARTS) is 1. The van der Waals surface area contributed by atoms with Gasteiger partial charge in [-0.25, -0.2) is 4.79 Å². The van der Waals surface area contributed by atoms with Crippen molar-refractivity contribution in [3.05, 3.63) is 35.4 Å². The maximum absolute atomic E-state index is 11.8. The molecule has 4 nitrogen and oxygen atoms in total. The van der Waals surface area contributed by atoms with Crippen molar-refractivity contribution < 1.29 is 19.4 Å². The third kappa shape index (κ3) is 6.75. The van der Waals surface area contributed by atoms with E-state index in [0.29, 0.717) is 31.6 Å². The highest BCUT2D eigenvalue weighted by Crippen LogP contribution is 2.28. The minimum absolute atomic E-state index is 0.510. The number of hydrogen-bond donors (Lipinski definition) is 1. The Morgan fingerprint density at radius 1 is 1.04 bits per heavy atom. The van der Waals surface area contributed by atoms with Crippen LogP contribution in [0.3, 0.4) is 0 Å². The van der Waals surface area contributed by atoms with Crippen LogP contribution in [-0.4, -0.2) is 31.4 Å². The standard InChI is InChI=1S/C20H30O4/c1-4-6-7-8-9-19(20(21)22)18(14-15-24-5-2)16-10-12-17(23-3)13-11-16/h10-13H,4-9,14-15H2,1-3H3,(H,21,22). The number of unbranched alkanes of at least 4 members (excludes halogenated alkanes) is 3. The largest absolute Gasteiger partial charge is 0.497 e. The second-order valence-electron chi connectivity index (χ2n) is 5.75. The van der Waals surface area contributed by atoms with Gasteiger partial charge in [0.2, 0.25) is 0 Å². The maximum atomic E-state index is 11.8. The van der Waals surface area contributed by atoms with Gasteiger partial charge in [0.1, 0.15) is 5.75 Å². The van der Waals surface area contributed by atoms with Crippen LogP contribution in [0.25, 0.3) is 5.57 Å². The van der Waals surface area contributed by atoms with Gasteiger partial charge < -0.3 is 14.6 Å². The molecular formula is C20H30O4. The van der Waals surface area contributed by atoms with Gasteiger partial charge >= 0.3 is 5.97 Å². The van der Waals surface area contributed by atoms with Crippen LogP contribution in [0.5, 0.6) is 5.75 Å². The summed E-state index contributed by atoms with van der Waals surface area (Å²) in [4.78, 5) is 11.8. The van der Waals surface area contributed by atoms with Gasteiger partial charge in [0.05, 0.1) is 13.7 Å². The maximum Gasteiger partial charge on any atom is 0.331 e. The van der Waals surface area contributed by atoms with Crippen molar-refractivity contribution in [3.8, 4) is 5.75 Å². The van der Waals surface area contributed by atoms with Gasteiger partial charge in [-0.15, -0.1) is 0 Å². The smallest absolute Gasteiger partial charge is 0.331 e. The summed E-state index contributed by atoms with van der Waals surface area (Å²) in [6, 6.07) is 7.59. The molecule has 0 spiro atoms. The Morgan fingerprint density at radius 2 is 1.75 bits per heavy atom. The van der Waals surface area contributed by atoms with Crippen LogP contribution in [-0.2, 0) is 9.53 Å². The van der Waals surface area contributed by atoms with Crippen LogP contribution in [0.15, 0.2) is 29.8 Å². The van der Waals surface area contributed by atoms with Crippen LogP contribution >= 0.6 is 0 Å². The SMILES string of the molecule is CCCCCCC(C(=O)O)=C(CCOCC)c1ccc(OC)cc1. The molecule has 0 bridgehead atoms. The van der Waals surface area contributed by atoms with E-state index in [0.717, 1.165) is 42.6 Å². The van der Waals surface area contributed by atoms with Crippen LogP contribution < -0.4 is 4.74 Å². The summed E-state index contributed by atoms with van der Waals surface area (Å²) in [5.74, 6) is -0.0588. The van der Waals surface area contributed by atoms with Crippen LogP contribution in [0.2, 0.25) is 0 Å². The van der Waals surface area contributed by atoms with Crippen LogP contribution in [0.4, 0.5) is 0 Å². The van der Waals surface area contributed by atoms with E-state index < -0.39 is 5.97 Å². The summed E-state index contributed by atoms with van der Waals surface area (Å²) in [6.07, 6.45) is 5.46. The average Bonchev–Trinajstić information content (AvgIpc) is 2.60. The van der Waals surface area contributed by atoms with E-state index in [9.17, 15) is 9.90 Å². The summed E-state index contributed by atoms with van der Waals surface area (Å²) in [7, 11) is 1.62. The number of aliphatic carboxylic acids is 1. The zero-order valence-electron chi connectivity index (χ0n) is 15.1. The van der Waals surface area contributed by atoms with E-state index in [1.807, 2.05) is 31.2 Å². The first-order chi connectivity index (χ1) is 11.6. The topological polar surface area (TPSA) is 55.8 Å². The molecule has 0 aliphatic carbocycles. The van der Waals surface area contributed by atoms with Crippen LogP contribution in [0.1, 0.15) is 57.9 Å². The second kappa shape index (κ2) is 11.7. The van der Waals surface area contributed by atoms with Crippen molar-refractivity contribution in [2.75, 3.05) is 20.3 Å². The van der Waals surface area contributed by atoms with Gasteiger partial charge in [0.25, 0.3) is 0 Å². The molecule has 4 heteroatoms. The summed E-state index contributed by atoms with van der Waals surface area (Å²) in [5, 5.41) is 9.70. The molecular weight excluding hydrogens is 304 g/mol. The number of benzene rings is 1. The lowest BCUT2D eigenvalue weighted by molar-refractivity contribution is -0.132. The first-order valence-corrected chi connectivity index (χ1v) is 8.81. The molecule has 134 valence electrons. The Bertz CT molecular complexity index is 517. The molecule has 0 unspecified atom stereocenters. The fourth-order valence-corrected chi connectivity index (χ4v) is 2.70. The highest BCUT2D eigenvalue weighted by molar-refractivity contribution is 5.96. The molecule has 1 rings (SSSR count). The lowest BCUT2D eigenvalue weighted by Crippen LogP contribution is -2.07. The van der Waals surface area contributed by atoms with Crippen molar-refractivity contribution in [1.29, 1.82) is 0 Å². The summed E-state index contributed by atoms with van der Waals surface area (Å²) in [6.45, 7) is 5.26. The zero-order chi connectivity index (χ0) is 17.8. The number of carbonyl (C=O) groups is 1. The highest BCUT2D eigenvalue weighted by Gasteiger charge is 2.16. The number of carboxylic acids is 1. The van der Waals surface area contributed by atoms with Crippen molar-refractivity contribution in [1.82, 2.24) is 0 Å². The van der Waals surface area contributed by atoms with Gasteiger partial charge in [-0.1, -0.05) is 38.3 Å². The zero-order valence-corrected chi connectivity index (χ0v) is 15.1. The van der Waals surface area contributed by atoms with Crippen LogP contribution in [0, 0.1) is 0 Å². The Kier molecular flexibility index (Phi) is 9.85. The monoisotopic (exact) mass is 334 g/mol. The molecule has 0 aliphatic heterocycles. The van der Waals surface area contributed by atoms with Gasteiger partial charge in [0.15, 0.2) is 0 Å². The Balaban J connectivity index is 3.05. The minimum Gasteiger partial charge on any atom is -0.497 e. The van der Waals surface area contributed by atoms with E-state index >= 15 is 0 Å². The molecule has 24 heavy (non-hydrogen) atoms. The van der Waals surface area contributed by atoms with Gasteiger partial charge in [-0.2, -0.15) is 0 Å².